The van der Waals surface area contributed by atoms with Crippen LogP contribution in [0.5, 0.6) is 0 Å². The number of nitrogens with one attached hydrogen (secondary N) is 1. The van der Waals surface area contributed by atoms with Gasteiger partial charge < -0.3 is 11.1 Å². The topological polar surface area (TPSA) is 58.4 Å². The summed E-state index contributed by atoms with van der Waals surface area (Å²) in [5, 5.41) is 3.44. The lowest BCUT2D eigenvalue weighted by Crippen LogP contribution is -2.57. The SMILES string of the molecule is NC(=O)C1(Nc2ccccc2)CCN([C@H]2CCCc3ccccc32)CC1. The zero-order valence-electron chi connectivity index (χ0n) is 15.2. The molecule has 2 aromatic carbocycles. The van der Waals surface area contributed by atoms with Gasteiger partial charge in [0.1, 0.15) is 5.54 Å². The Kier molecular flexibility index (Phi) is 4.68. The van der Waals surface area contributed by atoms with Gasteiger partial charge in [-0.15, -0.1) is 0 Å². The van der Waals surface area contributed by atoms with E-state index in [1.807, 2.05) is 30.3 Å². The molecule has 0 aromatic heterocycles. The van der Waals surface area contributed by atoms with Gasteiger partial charge in [0.25, 0.3) is 0 Å². The molecular weight excluding hydrogens is 322 g/mol. The molecule has 3 N–H and O–H groups in total. The predicted molar refractivity (Wildman–Crippen MR) is 105 cm³/mol. The van der Waals surface area contributed by atoms with Gasteiger partial charge in [0.15, 0.2) is 0 Å². The van der Waals surface area contributed by atoms with Crippen molar-refractivity contribution >= 4 is 11.6 Å². The van der Waals surface area contributed by atoms with E-state index in [9.17, 15) is 4.79 Å². The zero-order chi connectivity index (χ0) is 18.0. The molecule has 2 aromatic rings. The Bertz CT molecular complexity index is 766. The van der Waals surface area contributed by atoms with Crippen LogP contribution in [-0.4, -0.2) is 29.4 Å². The van der Waals surface area contributed by atoms with Crippen LogP contribution in [0.3, 0.4) is 0 Å². The number of benzene rings is 2. The van der Waals surface area contributed by atoms with Crippen LogP contribution >= 0.6 is 0 Å². The van der Waals surface area contributed by atoms with Crippen molar-refractivity contribution in [2.45, 2.75) is 43.7 Å². The average Bonchev–Trinajstić information content (AvgIpc) is 2.69. The number of anilines is 1. The first-order chi connectivity index (χ1) is 12.7. The molecule has 0 bridgehead atoms. The van der Waals surface area contributed by atoms with Crippen molar-refractivity contribution in [1.82, 2.24) is 4.90 Å². The fraction of sp³-hybridized carbons (Fsp3) is 0.409. The first kappa shape index (κ1) is 17.1. The monoisotopic (exact) mass is 349 g/mol. The normalized spacial score (nSPS) is 22.4. The van der Waals surface area contributed by atoms with Gasteiger partial charge in [-0.25, -0.2) is 0 Å². The number of rotatable bonds is 4. The third-order valence-corrected chi connectivity index (χ3v) is 6.06. The number of amides is 1. The molecule has 26 heavy (non-hydrogen) atoms. The molecule has 0 radical (unpaired) electrons. The number of likely N-dealkylation sites (tertiary alicyclic amines) is 1. The zero-order valence-corrected chi connectivity index (χ0v) is 15.2. The van der Waals surface area contributed by atoms with Crippen LogP contribution in [0.15, 0.2) is 54.6 Å². The van der Waals surface area contributed by atoms with Gasteiger partial charge in [-0.1, -0.05) is 42.5 Å². The number of hydrogen-bond donors (Lipinski definition) is 2. The molecule has 136 valence electrons. The highest BCUT2D eigenvalue weighted by molar-refractivity contribution is 5.88. The van der Waals surface area contributed by atoms with Crippen molar-refractivity contribution in [3.63, 3.8) is 0 Å². The summed E-state index contributed by atoms with van der Waals surface area (Å²) in [6.45, 7) is 1.78. The van der Waals surface area contributed by atoms with Crippen LogP contribution in [0, 0.1) is 0 Å². The van der Waals surface area contributed by atoms with Crippen molar-refractivity contribution in [2.24, 2.45) is 5.73 Å². The number of carbonyl (C=O) groups is 1. The van der Waals surface area contributed by atoms with Gasteiger partial charge in [-0.05, 0) is 55.4 Å². The van der Waals surface area contributed by atoms with Crippen molar-refractivity contribution in [2.75, 3.05) is 18.4 Å². The Hall–Kier alpha value is -2.33. The molecule has 0 unspecified atom stereocenters. The van der Waals surface area contributed by atoms with Crippen LogP contribution in [0.4, 0.5) is 5.69 Å². The van der Waals surface area contributed by atoms with Gasteiger partial charge in [0, 0.05) is 24.8 Å². The number of fused-ring (bicyclic) bond motifs is 1. The minimum atomic E-state index is -0.647. The molecule has 1 saturated heterocycles. The quantitative estimate of drug-likeness (QED) is 0.888. The van der Waals surface area contributed by atoms with E-state index < -0.39 is 5.54 Å². The van der Waals surface area contributed by atoms with Crippen LogP contribution in [-0.2, 0) is 11.2 Å². The highest BCUT2D eigenvalue weighted by Crippen LogP contribution is 2.37. The van der Waals surface area contributed by atoms with Gasteiger partial charge in [0.2, 0.25) is 5.91 Å². The maximum absolute atomic E-state index is 12.3. The second-order valence-electron chi connectivity index (χ2n) is 7.58. The van der Waals surface area contributed by atoms with E-state index >= 15 is 0 Å². The second kappa shape index (κ2) is 7.12. The molecule has 1 aliphatic carbocycles. The first-order valence-corrected chi connectivity index (χ1v) is 9.63. The summed E-state index contributed by atoms with van der Waals surface area (Å²) in [7, 11) is 0. The van der Waals surface area contributed by atoms with E-state index in [-0.39, 0.29) is 5.91 Å². The minimum Gasteiger partial charge on any atom is -0.371 e. The Balaban J connectivity index is 1.50. The fourth-order valence-electron chi connectivity index (χ4n) is 4.56. The van der Waals surface area contributed by atoms with E-state index in [1.165, 1.54) is 30.4 Å². The molecule has 1 amide bonds. The summed E-state index contributed by atoms with van der Waals surface area (Å²) in [6, 6.07) is 19.2. The van der Waals surface area contributed by atoms with Crippen molar-refractivity contribution < 1.29 is 4.79 Å². The van der Waals surface area contributed by atoms with E-state index in [0.29, 0.717) is 6.04 Å². The van der Waals surface area contributed by atoms with Crippen molar-refractivity contribution in [3.05, 3.63) is 65.7 Å². The van der Waals surface area contributed by atoms with Crippen molar-refractivity contribution in [3.8, 4) is 0 Å². The van der Waals surface area contributed by atoms with Crippen LogP contribution in [0.2, 0.25) is 0 Å². The number of hydrogen-bond acceptors (Lipinski definition) is 3. The highest BCUT2D eigenvalue weighted by atomic mass is 16.1. The second-order valence-corrected chi connectivity index (χ2v) is 7.58. The van der Waals surface area contributed by atoms with Crippen LogP contribution in [0.1, 0.15) is 42.9 Å². The van der Waals surface area contributed by atoms with E-state index in [1.54, 1.807) is 0 Å². The Morgan fingerprint density at radius 1 is 1.04 bits per heavy atom. The molecule has 2 aliphatic rings. The number of piperidine rings is 1. The smallest absolute Gasteiger partial charge is 0.243 e. The lowest BCUT2D eigenvalue weighted by atomic mass is 9.82. The number of nitrogens with zero attached hydrogens (tertiary/aromatic N) is 1. The maximum atomic E-state index is 12.3. The van der Waals surface area contributed by atoms with E-state index in [2.05, 4.69) is 34.5 Å². The maximum Gasteiger partial charge on any atom is 0.243 e. The number of aryl methyl sites for hydroxylation is 1. The van der Waals surface area contributed by atoms with Crippen molar-refractivity contribution in [1.29, 1.82) is 0 Å². The predicted octanol–water partition coefficient (Wildman–Crippen LogP) is 3.50. The van der Waals surface area contributed by atoms with Crippen LogP contribution in [0.25, 0.3) is 0 Å². The van der Waals surface area contributed by atoms with E-state index in [0.717, 1.165) is 31.6 Å². The molecular formula is C22H27N3O. The lowest BCUT2D eigenvalue weighted by Gasteiger charge is -2.45. The largest absolute Gasteiger partial charge is 0.371 e. The summed E-state index contributed by atoms with van der Waals surface area (Å²) in [5.41, 5.74) is 9.10. The molecule has 1 aliphatic heterocycles. The molecule has 4 heteroatoms. The number of nitrogens with two attached hydrogens (primary N) is 1. The summed E-state index contributed by atoms with van der Waals surface area (Å²) in [5.74, 6) is -0.245. The third-order valence-electron chi connectivity index (χ3n) is 6.06. The van der Waals surface area contributed by atoms with Gasteiger partial charge >= 0.3 is 0 Å². The number of para-hydroxylation sites is 1. The molecule has 4 rings (SSSR count). The Morgan fingerprint density at radius 3 is 2.46 bits per heavy atom. The summed E-state index contributed by atoms with van der Waals surface area (Å²) in [4.78, 5) is 14.9. The molecule has 0 spiro atoms. The Morgan fingerprint density at radius 2 is 1.73 bits per heavy atom. The fourth-order valence-corrected chi connectivity index (χ4v) is 4.56. The average molecular weight is 349 g/mol. The molecule has 1 fully saturated rings. The number of carbonyl (C=O) groups excluding carboxylic acids is 1. The highest BCUT2D eigenvalue weighted by Gasteiger charge is 2.41. The standard InChI is InChI=1S/C22H27N3O/c23-21(26)22(24-18-9-2-1-3-10-18)13-15-25(16-14-22)20-12-6-8-17-7-4-5-11-19(17)20/h1-5,7,9-11,20,24H,6,8,12-16H2,(H2,23,26)/t20-/m0/s1. The van der Waals surface area contributed by atoms with Gasteiger partial charge in [-0.3, -0.25) is 9.69 Å². The molecule has 0 saturated carbocycles. The van der Waals surface area contributed by atoms with Gasteiger partial charge in [0.05, 0.1) is 0 Å². The third kappa shape index (κ3) is 3.21. The molecule has 4 nitrogen and oxygen atoms in total. The molecule has 1 heterocycles. The summed E-state index contributed by atoms with van der Waals surface area (Å²) >= 11 is 0. The molecule has 1 atom stereocenters. The van der Waals surface area contributed by atoms with E-state index in [4.69, 9.17) is 5.73 Å². The van der Waals surface area contributed by atoms with Crippen LogP contribution < -0.4 is 11.1 Å². The minimum absolute atomic E-state index is 0.245. The number of primary amides is 1. The Labute approximate surface area is 155 Å². The first-order valence-electron chi connectivity index (χ1n) is 9.63. The lowest BCUT2D eigenvalue weighted by molar-refractivity contribution is -0.124. The van der Waals surface area contributed by atoms with Gasteiger partial charge in [-0.2, -0.15) is 0 Å². The summed E-state index contributed by atoms with van der Waals surface area (Å²) in [6.07, 6.45) is 5.11. The summed E-state index contributed by atoms with van der Waals surface area (Å²) < 4.78 is 0.